The second-order valence-corrected chi connectivity index (χ2v) is 5.57. The molecular formula is C20H24N2O6. The Hall–Kier alpha value is -3.42. The molecule has 0 fully saturated rings. The number of anilines is 2. The topological polar surface area (TPSA) is 106 Å². The Morgan fingerprint density at radius 2 is 1.43 bits per heavy atom. The van der Waals surface area contributed by atoms with Crippen molar-refractivity contribution in [3.63, 3.8) is 0 Å². The van der Waals surface area contributed by atoms with Crippen molar-refractivity contribution < 1.29 is 28.9 Å². The number of hydrogen-bond acceptors (Lipinski definition) is 5. The Labute approximate surface area is 163 Å². The molecule has 0 radical (unpaired) electrons. The van der Waals surface area contributed by atoms with E-state index in [4.69, 9.17) is 19.3 Å². The highest BCUT2D eigenvalue weighted by Crippen LogP contribution is 2.40. The van der Waals surface area contributed by atoms with Crippen molar-refractivity contribution in [2.24, 2.45) is 0 Å². The second-order valence-electron chi connectivity index (χ2n) is 5.57. The van der Waals surface area contributed by atoms with Crippen LogP contribution in [0.3, 0.4) is 0 Å². The van der Waals surface area contributed by atoms with Crippen LogP contribution in [0.25, 0.3) is 0 Å². The van der Waals surface area contributed by atoms with Crippen LogP contribution < -0.4 is 24.8 Å². The third-order valence-corrected chi connectivity index (χ3v) is 3.53. The van der Waals surface area contributed by atoms with Gasteiger partial charge in [-0.25, -0.2) is 9.59 Å². The summed E-state index contributed by atoms with van der Waals surface area (Å²) in [5.41, 5.74) is 0.886. The minimum Gasteiger partial charge on any atom is -0.490 e. The van der Waals surface area contributed by atoms with Gasteiger partial charge in [-0.3, -0.25) is 0 Å². The van der Waals surface area contributed by atoms with Gasteiger partial charge >= 0.3 is 12.0 Å². The highest BCUT2D eigenvalue weighted by molar-refractivity contribution is 6.01. The highest BCUT2D eigenvalue weighted by Gasteiger charge is 2.16. The van der Waals surface area contributed by atoms with Gasteiger partial charge in [-0.2, -0.15) is 0 Å². The molecule has 8 heteroatoms. The predicted molar refractivity (Wildman–Crippen MR) is 106 cm³/mol. The van der Waals surface area contributed by atoms with Crippen molar-refractivity contribution in [2.75, 3.05) is 30.5 Å². The minimum atomic E-state index is -1.07. The van der Waals surface area contributed by atoms with Crippen LogP contribution >= 0.6 is 0 Å². The van der Waals surface area contributed by atoms with Gasteiger partial charge in [0.05, 0.1) is 31.1 Å². The van der Waals surface area contributed by atoms with E-state index in [1.807, 2.05) is 20.8 Å². The molecule has 2 rings (SSSR count). The van der Waals surface area contributed by atoms with Crippen LogP contribution in [0.15, 0.2) is 36.4 Å². The molecule has 0 aliphatic rings. The lowest BCUT2D eigenvalue weighted by Crippen LogP contribution is -2.20. The lowest BCUT2D eigenvalue weighted by atomic mass is 10.2. The molecule has 2 amide bonds. The lowest BCUT2D eigenvalue weighted by molar-refractivity contribution is 0.0697. The van der Waals surface area contributed by atoms with E-state index in [1.54, 1.807) is 24.3 Å². The van der Waals surface area contributed by atoms with E-state index >= 15 is 0 Å². The zero-order valence-electron chi connectivity index (χ0n) is 16.1. The van der Waals surface area contributed by atoms with E-state index in [0.29, 0.717) is 48.4 Å². The maximum atomic E-state index is 12.3. The number of carboxylic acid groups (broad SMARTS) is 1. The molecule has 0 aliphatic heterocycles. The van der Waals surface area contributed by atoms with Crippen molar-refractivity contribution in [3.05, 3.63) is 42.0 Å². The summed E-state index contributed by atoms with van der Waals surface area (Å²) in [7, 11) is 0. The van der Waals surface area contributed by atoms with Gasteiger partial charge in [-0.05, 0) is 39.0 Å². The monoisotopic (exact) mass is 388 g/mol. The standard InChI is InChI=1S/C20H24N2O6/c1-4-26-16-11-15(12-17(27-5-2)18(16)28-6-3)22-20(25)21-14-9-7-8-13(10-14)19(23)24/h7-12H,4-6H2,1-3H3,(H,23,24)(H2,21,22,25). The summed E-state index contributed by atoms with van der Waals surface area (Å²) in [6, 6.07) is 8.72. The van der Waals surface area contributed by atoms with E-state index in [1.165, 1.54) is 12.1 Å². The fraction of sp³-hybridized carbons (Fsp3) is 0.300. The number of urea groups is 1. The first kappa shape index (κ1) is 20.9. The largest absolute Gasteiger partial charge is 0.490 e. The van der Waals surface area contributed by atoms with Crippen LogP contribution in [-0.2, 0) is 0 Å². The van der Waals surface area contributed by atoms with Gasteiger partial charge < -0.3 is 30.0 Å². The second kappa shape index (κ2) is 10.1. The summed E-state index contributed by atoms with van der Waals surface area (Å²) in [6.07, 6.45) is 0. The van der Waals surface area contributed by atoms with Crippen LogP contribution in [-0.4, -0.2) is 36.9 Å². The molecule has 0 saturated heterocycles. The Morgan fingerprint density at radius 1 is 0.857 bits per heavy atom. The molecule has 0 saturated carbocycles. The van der Waals surface area contributed by atoms with Crippen LogP contribution in [0.2, 0.25) is 0 Å². The highest BCUT2D eigenvalue weighted by atomic mass is 16.5. The maximum Gasteiger partial charge on any atom is 0.335 e. The summed E-state index contributed by atoms with van der Waals surface area (Å²) in [6.45, 7) is 6.83. The third kappa shape index (κ3) is 5.54. The molecule has 0 aliphatic carbocycles. The van der Waals surface area contributed by atoms with E-state index in [0.717, 1.165) is 0 Å². The van der Waals surface area contributed by atoms with Crippen LogP contribution in [0.5, 0.6) is 17.2 Å². The van der Waals surface area contributed by atoms with Crippen molar-refractivity contribution in [1.82, 2.24) is 0 Å². The van der Waals surface area contributed by atoms with Gasteiger partial charge in [0.15, 0.2) is 11.5 Å². The van der Waals surface area contributed by atoms with Gasteiger partial charge in [0.1, 0.15) is 0 Å². The molecule has 8 nitrogen and oxygen atoms in total. The average Bonchev–Trinajstić information content (AvgIpc) is 2.65. The van der Waals surface area contributed by atoms with Crippen LogP contribution in [0, 0.1) is 0 Å². The van der Waals surface area contributed by atoms with Crippen molar-refractivity contribution >= 4 is 23.4 Å². The first-order chi connectivity index (χ1) is 13.5. The fourth-order valence-corrected chi connectivity index (χ4v) is 2.48. The zero-order chi connectivity index (χ0) is 20.5. The first-order valence-electron chi connectivity index (χ1n) is 8.96. The molecular weight excluding hydrogens is 364 g/mol. The van der Waals surface area contributed by atoms with E-state index in [-0.39, 0.29) is 5.56 Å². The normalized spacial score (nSPS) is 10.1. The van der Waals surface area contributed by atoms with Gasteiger partial charge in [0, 0.05) is 17.8 Å². The number of carbonyl (C=O) groups excluding carboxylic acids is 1. The van der Waals surface area contributed by atoms with E-state index < -0.39 is 12.0 Å². The molecule has 0 unspecified atom stereocenters. The predicted octanol–water partition coefficient (Wildman–Crippen LogP) is 4.22. The fourth-order valence-electron chi connectivity index (χ4n) is 2.48. The number of hydrogen-bond donors (Lipinski definition) is 3. The number of aromatic carboxylic acids is 1. The number of nitrogens with one attached hydrogen (secondary N) is 2. The smallest absolute Gasteiger partial charge is 0.335 e. The van der Waals surface area contributed by atoms with E-state index in [2.05, 4.69) is 10.6 Å². The van der Waals surface area contributed by atoms with Crippen molar-refractivity contribution in [3.8, 4) is 17.2 Å². The van der Waals surface area contributed by atoms with Gasteiger partial charge in [-0.15, -0.1) is 0 Å². The minimum absolute atomic E-state index is 0.0798. The van der Waals surface area contributed by atoms with Gasteiger partial charge in [-0.1, -0.05) is 6.07 Å². The number of ether oxygens (including phenoxy) is 3. The van der Waals surface area contributed by atoms with Gasteiger partial charge in [0.2, 0.25) is 5.75 Å². The number of carboxylic acids is 1. The average molecular weight is 388 g/mol. The van der Waals surface area contributed by atoms with Crippen molar-refractivity contribution in [1.29, 1.82) is 0 Å². The SMILES string of the molecule is CCOc1cc(NC(=O)Nc2cccc(C(=O)O)c2)cc(OCC)c1OCC. The number of carbonyl (C=O) groups is 2. The molecule has 28 heavy (non-hydrogen) atoms. The molecule has 150 valence electrons. The van der Waals surface area contributed by atoms with Crippen molar-refractivity contribution in [2.45, 2.75) is 20.8 Å². The number of amides is 2. The molecule has 0 atom stereocenters. The quantitative estimate of drug-likeness (QED) is 0.594. The maximum absolute atomic E-state index is 12.3. The summed E-state index contributed by atoms with van der Waals surface area (Å²) in [5.74, 6) is 0.321. The zero-order valence-corrected chi connectivity index (χ0v) is 16.1. The van der Waals surface area contributed by atoms with Gasteiger partial charge in [0.25, 0.3) is 0 Å². The molecule has 0 spiro atoms. The number of rotatable bonds is 9. The number of benzene rings is 2. The molecule has 0 heterocycles. The molecule has 0 aromatic heterocycles. The van der Waals surface area contributed by atoms with Crippen LogP contribution in [0.4, 0.5) is 16.2 Å². The summed E-state index contributed by atoms with van der Waals surface area (Å²) in [5, 5.41) is 14.3. The van der Waals surface area contributed by atoms with E-state index in [9.17, 15) is 9.59 Å². The first-order valence-corrected chi connectivity index (χ1v) is 8.96. The Kier molecular flexibility index (Phi) is 7.50. The molecule has 2 aromatic carbocycles. The Balaban J connectivity index is 2.23. The molecule has 2 aromatic rings. The Bertz CT molecular complexity index is 810. The molecule has 3 N–H and O–H groups in total. The lowest BCUT2D eigenvalue weighted by Gasteiger charge is -2.17. The van der Waals surface area contributed by atoms with Crippen LogP contribution in [0.1, 0.15) is 31.1 Å². The molecule has 0 bridgehead atoms. The summed E-state index contributed by atoms with van der Waals surface area (Å²) >= 11 is 0. The summed E-state index contributed by atoms with van der Waals surface area (Å²) in [4.78, 5) is 23.4. The summed E-state index contributed by atoms with van der Waals surface area (Å²) < 4.78 is 16.9. The Morgan fingerprint density at radius 3 is 1.96 bits per heavy atom. The third-order valence-electron chi connectivity index (χ3n) is 3.53.